The molecule has 0 bridgehead atoms. The molecule has 1 aliphatic heterocycles. The van der Waals surface area contributed by atoms with Crippen LogP contribution in [0.25, 0.3) is 0 Å². The molecule has 19 heavy (non-hydrogen) atoms. The molecule has 1 aromatic carbocycles. The Balaban J connectivity index is 2.03. The predicted molar refractivity (Wildman–Crippen MR) is 73.4 cm³/mol. The molecule has 1 aliphatic rings. The lowest BCUT2D eigenvalue weighted by Gasteiger charge is -2.15. The molecule has 1 aromatic rings. The van der Waals surface area contributed by atoms with Gasteiger partial charge in [0.25, 0.3) is 0 Å². The molecule has 0 N–H and O–H groups in total. The second kappa shape index (κ2) is 6.06. The van der Waals surface area contributed by atoms with E-state index in [2.05, 4.69) is 4.99 Å². The Morgan fingerprint density at radius 2 is 2.32 bits per heavy atom. The van der Waals surface area contributed by atoms with Crippen molar-refractivity contribution in [1.82, 2.24) is 0 Å². The summed E-state index contributed by atoms with van der Waals surface area (Å²) in [6.07, 6.45) is -0.222. The zero-order valence-electron chi connectivity index (χ0n) is 10.9. The van der Waals surface area contributed by atoms with Gasteiger partial charge in [-0.25, -0.2) is 0 Å². The number of carbonyl (C=O) groups excluding carboxylic acids is 1. The highest BCUT2D eigenvalue weighted by Crippen LogP contribution is 2.30. The molecule has 0 saturated carbocycles. The van der Waals surface area contributed by atoms with Crippen molar-refractivity contribution in [2.45, 2.75) is 20.0 Å². The van der Waals surface area contributed by atoms with Crippen LogP contribution in [0.3, 0.4) is 0 Å². The highest BCUT2D eigenvalue weighted by Gasteiger charge is 2.30. The van der Waals surface area contributed by atoms with E-state index in [1.165, 1.54) is 0 Å². The van der Waals surface area contributed by atoms with Crippen molar-refractivity contribution in [3.05, 3.63) is 34.9 Å². The van der Waals surface area contributed by atoms with Crippen LogP contribution in [0.15, 0.2) is 29.3 Å². The Morgan fingerprint density at radius 3 is 3.00 bits per heavy atom. The van der Waals surface area contributed by atoms with Crippen molar-refractivity contribution < 1.29 is 14.3 Å². The van der Waals surface area contributed by atoms with Crippen molar-refractivity contribution >= 4 is 23.5 Å². The van der Waals surface area contributed by atoms with Gasteiger partial charge in [-0.15, -0.1) is 0 Å². The minimum absolute atomic E-state index is 0.222. The zero-order chi connectivity index (χ0) is 13.8. The first-order valence-electron chi connectivity index (χ1n) is 6.25. The summed E-state index contributed by atoms with van der Waals surface area (Å²) in [7, 11) is 0. The monoisotopic (exact) mass is 281 g/mol. The first-order valence-corrected chi connectivity index (χ1v) is 6.63. The third-order valence-corrected chi connectivity index (χ3v) is 3.28. The smallest absolute Gasteiger partial charge is 0.318 e. The summed E-state index contributed by atoms with van der Waals surface area (Å²) in [6, 6.07) is 7.48. The number of hydrogen-bond donors (Lipinski definition) is 0. The van der Waals surface area contributed by atoms with Crippen LogP contribution in [0.1, 0.15) is 25.5 Å². The number of hydrogen-bond acceptors (Lipinski definition) is 4. The summed E-state index contributed by atoms with van der Waals surface area (Å²) in [4.78, 5) is 15.9. The van der Waals surface area contributed by atoms with E-state index in [0.29, 0.717) is 24.1 Å². The number of halogens is 1. The van der Waals surface area contributed by atoms with Gasteiger partial charge in [0.15, 0.2) is 5.90 Å². The number of aliphatic imine (C=N–C) groups is 1. The number of rotatable bonds is 4. The van der Waals surface area contributed by atoms with Gasteiger partial charge in [-0.2, -0.15) is 0 Å². The van der Waals surface area contributed by atoms with Gasteiger partial charge in [0.2, 0.25) is 0 Å². The number of benzene rings is 1. The summed E-state index contributed by atoms with van der Waals surface area (Å²) in [5.74, 6) is -0.378. The molecule has 0 aromatic heterocycles. The van der Waals surface area contributed by atoms with Crippen molar-refractivity contribution in [3.63, 3.8) is 0 Å². The van der Waals surface area contributed by atoms with Crippen LogP contribution >= 0.6 is 11.6 Å². The van der Waals surface area contributed by atoms with Crippen LogP contribution in [0.4, 0.5) is 0 Å². The fourth-order valence-corrected chi connectivity index (χ4v) is 2.16. The second-order valence-corrected chi connectivity index (χ2v) is 4.69. The lowest BCUT2D eigenvalue weighted by Crippen LogP contribution is -2.24. The first-order chi connectivity index (χ1) is 9.13. The summed E-state index contributed by atoms with van der Waals surface area (Å²) in [5.41, 5.74) is 0.888. The van der Waals surface area contributed by atoms with Gasteiger partial charge in [-0.3, -0.25) is 9.79 Å². The molecule has 0 saturated heterocycles. The molecule has 0 aliphatic carbocycles. The van der Waals surface area contributed by atoms with Crippen LogP contribution in [0.5, 0.6) is 0 Å². The molecule has 5 heteroatoms. The molecule has 2 rings (SSSR count). The van der Waals surface area contributed by atoms with E-state index in [1.54, 1.807) is 13.8 Å². The Morgan fingerprint density at radius 1 is 1.58 bits per heavy atom. The van der Waals surface area contributed by atoms with E-state index in [9.17, 15) is 4.79 Å². The number of ether oxygens (including phenoxy) is 2. The molecule has 0 fully saturated rings. The zero-order valence-corrected chi connectivity index (χ0v) is 11.7. The molecular weight excluding hydrogens is 266 g/mol. The third-order valence-electron chi connectivity index (χ3n) is 2.94. The molecule has 4 nitrogen and oxygen atoms in total. The topological polar surface area (TPSA) is 47.9 Å². The fraction of sp³-hybridized carbons (Fsp3) is 0.429. The van der Waals surface area contributed by atoms with Gasteiger partial charge in [-0.05, 0) is 19.9 Å². The minimum atomic E-state index is -0.479. The standard InChI is InChI=1S/C14H16ClNO3/c1-3-18-14(17)9(2)13-16-8-12(19-13)10-6-4-5-7-11(10)15/h4-7,9,12H,3,8H2,1-2H3. The van der Waals surface area contributed by atoms with Crippen molar-refractivity contribution in [2.75, 3.05) is 13.2 Å². The lowest BCUT2D eigenvalue weighted by molar-refractivity contribution is -0.145. The van der Waals surface area contributed by atoms with E-state index in [0.717, 1.165) is 5.56 Å². The predicted octanol–water partition coefficient (Wildman–Crippen LogP) is 3.01. The number of nitrogens with zero attached hydrogens (tertiary/aromatic N) is 1. The molecule has 2 unspecified atom stereocenters. The van der Waals surface area contributed by atoms with Crippen molar-refractivity contribution in [2.24, 2.45) is 10.9 Å². The van der Waals surface area contributed by atoms with Gasteiger partial charge < -0.3 is 9.47 Å². The average Bonchev–Trinajstić information content (AvgIpc) is 2.88. The molecule has 0 spiro atoms. The van der Waals surface area contributed by atoms with Gasteiger partial charge in [0, 0.05) is 10.6 Å². The van der Waals surface area contributed by atoms with Gasteiger partial charge in [0.05, 0.1) is 13.2 Å². The van der Waals surface area contributed by atoms with E-state index in [1.807, 2.05) is 24.3 Å². The SMILES string of the molecule is CCOC(=O)C(C)C1=NCC(c2ccccc2Cl)O1. The van der Waals surface area contributed by atoms with E-state index in [4.69, 9.17) is 21.1 Å². The molecule has 102 valence electrons. The molecule has 0 amide bonds. The maximum absolute atomic E-state index is 11.6. The lowest BCUT2D eigenvalue weighted by atomic mass is 10.1. The largest absolute Gasteiger partial charge is 0.470 e. The second-order valence-electron chi connectivity index (χ2n) is 4.28. The van der Waals surface area contributed by atoms with Crippen LogP contribution in [-0.2, 0) is 14.3 Å². The maximum atomic E-state index is 11.6. The maximum Gasteiger partial charge on any atom is 0.318 e. The van der Waals surface area contributed by atoms with Crippen LogP contribution < -0.4 is 0 Å². The molecule has 1 heterocycles. The molecule has 2 atom stereocenters. The normalized spacial score (nSPS) is 19.5. The Labute approximate surface area is 117 Å². The minimum Gasteiger partial charge on any atom is -0.470 e. The molecular formula is C14H16ClNO3. The quantitative estimate of drug-likeness (QED) is 0.797. The van der Waals surface area contributed by atoms with Gasteiger partial charge in [0.1, 0.15) is 12.0 Å². The van der Waals surface area contributed by atoms with Crippen molar-refractivity contribution in [1.29, 1.82) is 0 Å². The van der Waals surface area contributed by atoms with Crippen molar-refractivity contribution in [3.8, 4) is 0 Å². The highest BCUT2D eigenvalue weighted by molar-refractivity contribution is 6.31. The average molecular weight is 282 g/mol. The van der Waals surface area contributed by atoms with E-state index >= 15 is 0 Å². The van der Waals surface area contributed by atoms with Crippen LogP contribution in [0.2, 0.25) is 5.02 Å². The Hall–Kier alpha value is -1.55. The van der Waals surface area contributed by atoms with Gasteiger partial charge >= 0.3 is 5.97 Å². The molecule has 0 radical (unpaired) electrons. The summed E-state index contributed by atoms with van der Waals surface area (Å²) >= 11 is 6.12. The summed E-state index contributed by atoms with van der Waals surface area (Å²) in [5, 5.41) is 0.646. The highest BCUT2D eigenvalue weighted by atomic mass is 35.5. The number of carbonyl (C=O) groups is 1. The Kier molecular flexibility index (Phi) is 4.43. The van der Waals surface area contributed by atoms with E-state index in [-0.39, 0.29) is 12.1 Å². The summed E-state index contributed by atoms with van der Waals surface area (Å²) in [6.45, 7) is 4.33. The van der Waals surface area contributed by atoms with Gasteiger partial charge in [-0.1, -0.05) is 29.8 Å². The van der Waals surface area contributed by atoms with Crippen LogP contribution in [0, 0.1) is 5.92 Å². The van der Waals surface area contributed by atoms with E-state index < -0.39 is 5.92 Å². The first kappa shape index (κ1) is 13.9. The number of esters is 1. The van der Waals surface area contributed by atoms with Crippen LogP contribution in [-0.4, -0.2) is 25.0 Å². The third kappa shape index (κ3) is 3.07. The summed E-state index contributed by atoms with van der Waals surface area (Å²) < 4.78 is 10.7. The Bertz CT molecular complexity index is 501. The fourth-order valence-electron chi connectivity index (χ4n) is 1.90.